The molecule has 0 radical (unpaired) electrons. The van der Waals surface area contributed by atoms with Gasteiger partial charge in [-0.1, -0.05) is 114 Å². The Morgan fingerprint density at radius 3 is 1.97 bits per heavy atom. The van der Waals surface area contributed by atoms with Crippen LogP contribution in [0.15, 0.2) is 53.4 Å². The van der Waals surface area contributed by atoms with Crippen LogP contribution in [-0.2, 0) is 16.7 Å². The predicted molar refractivity (Wildman–Crippen MR) is 142 cm³/mol. The Morgan fingerprint density at radius 2 is 1.38 bits per heavy atom. The van der Waals surface area contributed by atoms with Gasteiger partial charge in [0.25, 0.3) is 10.1 Å². The van der Waals surface area contributed by atoms with Gasteiger partial charge < -0.3 is 10.2 Å². The highest BCUT2D eigenvalue weighted by Gasteiger charge is 2.33. The lowest BCUT2D eigenvalue weighted by atomic mass is 10.0. The number of rotatable bonds is 16. The molecule has 1 unspecified atom stereocenters. The summed E-state index contributed by atoms with van der Waals surface area (Å²) in [6.07, 6.45) is 16.7. The zero-order valence-electron chi connectivity index (χ0n) is 20.7. The van der Waals surface area contributed by atoms with E-state index in [1.807, 2.05) is 24.3 Å². The molecule has 2 N–H and O–H groups in total. The van der Waals surface area contributed by atoms with Gasteiger partial charge in [-0.15, -0.1) is 0 Å². The average Bonchev–Trinajstić information content (AvgIpc) is 3.17. The minimum atomic E-state index is -4.31. The second-order valence-electron chi connectivity index (χ2n) is 9.58. The van der Waals surface area contributed by atoms with E-state index < -0.39 is 10.1 Å². The predicted octanol–water partition coefficient (Wildman–Crippen LogP) is 7.78. The van der Waals surface area contributed by atoms with Gasteiger partial charge >= 0.3 is 0 Å². The van der Waals surface area contributed by atoms with Gasteiger partial charge in [0.05, 0.1) is 17.5 Å². The Kier molecular flexibility index (Phi) is 10.7. The molecule has 1 heterocycles. The number of hydrogen-bond acceptors (Lipinski definition) is 4. The van der Waals surface area contributed by atoms with Crippen molar-refractivity contribution in [3.63, 3.8) is 0 Å². The maximum Gasteiger partial charge on any atom is 0.296 e. The molecule has 1 aliphatic rings. The fraction of sp³-hybridized carbons (Fsp3) is 0.571. The molecule has 6 heteroatoms. The number of benzene rings is 2. The first-order valence-electron chi connectivity index (χ1n) is 13.2. The van der Waals surface area contributed by atoms with E-state index in [-0.39, 0.29) is 11.1 Å². The summed E-state index contributed by atoms with van der Waals surface area (Å²) in [4.78, 5) is 2.08. The molecule has 0 bridgehead atoms. The fourth-order valence-electron chi connectivity index (χ4n) is 4.93. The molecule has 0 aromatic heterocycles. The van der Waals surface area contributed by atoms with Crippen molar-refractivity contribution in [1.82, 2.24) is 0 Å². The molecular weight excluding hydrogens is 444 g/mol. The minimum absolute atomic E-state index is 0.0150. The summed E-state index contributed by atoms with van der Waals surface area (Å²) in [7, 11) is -4.31. The zero-order valence-corrected chi connectivity index (χ0v) is 21.5. The Morgan fingerprint density at radius 1 is 0.794 bits per heavy atom. The van der Waals surface area contributed by atoms with Crippen LogP contribution in [-0.4, -0.2) is 19.1 Å². The monoisotopic (exact) mass is 486 g/mol. The van der Waals surface area contributed by atoms with Crippen molar-refractivity contribution in [1.29, 1.82) is 0 Å². The smallest absolute Gasteiger partial charge is 0.296 e. The second-order valence-corrected chi connectivity index (χ2v) is 11.0. The van der Waals surface area contributed by atoms with Gasteiger partial charge in [-0.25, -0.2) is 0 Å². The summed E-state index contributed by atoms with van der Waals surface area (Å²) in [5.41, 5.74) is 2.47. The average molecular weight is 487 g/mol. The van der Waals surface area contributed by atoms with Crippen molar-refractivity contribution in [2.24, 2.45) is 0 Å². The molecule has 2 aromatic carbocycles. The summed E-state index contributed by atoms with van der Waals surface area (Å²) in [5.74, 6) is 0. The standard InChI is InChI=1S/C28H42N2O3S/c1-2-3-4-5-6-7-8-9-10-11-12-16-22-27-29-25-20-17-21-26(34(31,32)33)28(25)30(27)23-24-18-14-13-15-19-24/h13-15,17-21,27,29H,2-12,16,22-23H2,1H3,(H,31,32,33). The van der Waals surface area contributed by atoms with Crippen LogP contribution in [0.2, 0.25) is 0 Å². The molecule has 0 saturated heterocycles. The minimum Gasteiger partial charge on any atom is -0.363 e. The number of unbranched alkanes of at least 4 members (excludes halogenated alkanes) is 11. The van der Waals surface area contributed by atoms with Gasteiger partial charge in [0.1, 0.15) is 4.90 Å². The van der Waals surface area contributed by atoms with Crippen LogP contribution in [0.4, 0.5) is 11.4 Å². The van der Waals surface area contributed by atoms with Gasteiger partial charge in [0.2, 0.25) is 0 Å². The van der Waals surface area contributed by atoms with E-state index in [2.05, 4.69) is 29.3 Å². The molecule has 5 nitrogen and oxygen atoms in total. The van der Waals surface area contributed by atoms with Crippen LogP contribution in [0.3, 0.4) is 0 Å². The van der Waals surface area contributed by atoms with Crippen molar-refractivity contribution >= 4 is 21.5 Å². The maximum atomic E-state index is 12.1. The zero-order chi connectivity index (χ0) is 24.2. The SMILES string of the molecule is CCCCCCCCCCCCCCC1Nc2cccc(S(=O)(=O)O)c2N1Cc1ccccc1. The fourth-order valence-corrected chi connectivity index (χ4v) is 5.65. The van der Waals surface area contributed by atoms with Crippen LogP contribution in [0, 0.1) is 0 Å². The van der Waals surface area contributed by atoms with Crippen molar-refractivity contribution < 1.29 is 13.0 Å². The summed E-state index contributed by atoms with van der Waals surface area (Å²) < 4.78 is 34.0. The lowest BCUT2D eigenvalue weighted by Gasteiger charge is -2.28. The van der Waals surface area contributed by atoms with Crippen molar-refractivity contribution in [3.8, 4) is 0 Å². The van der Waals surface area contributed by atoms with Crippen LogP contribution in [0.5, 0.6) is 0 Å². The normalized spacial score (nSPS) is 15.4. The highest BCUT2D eigenvalue weighted by atomic mass is 32.2. The highest BCUT2D eigenvalue weighted by molar-refractivity contribution is 7.86. The lowest BCUT2D eigenvalue weighted by molar-refractivity contribution is 0.482. The van der Waals surface area contributed by atoms with E-state index in [1.165, 1.54) is 76.7 Å². The number of hydrogen-bond donors (Lipinski definition) is 2. The van der Waals surface area contributed by atoms with Crippen molar-refractivity contribution in [3.05, 3.63) is 54.1 Å². The van der Waals surface area contributed by atoms with Crippen LogP contribution in [0.25, 0.3) is 0 Å². The largest absolute Gasteiger partial charge is 0.363 e. The van der Waals surface area contributed by atoms with E-state index in [0.717, 1.165) is 24.1 Å². The van der Waals surface area contributed by atoms with E-state index in [9.17, 15) is 13.0 Å². The van der Waals surface area contributed by atoms with Gasteiger partial charge in [0.15, 0.2) is 0 Å². The van der Waals surface area contributed by atoms with Crippen molar-refractivity contribution in [2.75, 3.05) is 10.2 Å². The van der Waals surface area contributed by atoms with Crippen LogP contribution >= 0.6 is 0 Å². The Hall–Kier alpha value is -2.05. The molecule has 2 aromatic rings. The maximum absolute atomic E-state index is 12.1. The number of nitrogens with one attached hydrogen (secondary N) is 1. The lowest BCUT2D eigenvalue weighted by Crippen LogP contribution is -2.35. The molecule has 0 amide bonds. The Labute approximate surface area is 206 Å². The quantitative estimate of drug-likeness (QED) is 0.187. The molecule has 0 spiro atoms. The first kappa shape index (κ1) is 26.6. The summed E-state index contributed by atoms with van der Waals surface area (Å²) >= 11 is 0. The summed E-state index contributed by atoms with van der Waals surface area (Å²) in [6.45, 7) is 2.86. The third-order valence-electron chi connectivity index (χ3n) is 6.79. The van der Waals surface area contributed by atoms with Gasteiger partial charge in [-0.3, -0.25) is 4.55 Å². The molecule has 0 fully saturated rings. The van der Waals surface area contributed by atoms with Gasteiger partial charge in [0, 0.05) is 6.54 Å². The number of nitrogens with zero attached hydrogens (tertiary/aromatic N) is 1. The van der Waals surface area contributed by atoms with E-state index in [4.69, 9.17) is 0 Å². The third-order valence-corrected chi connectivity index (χ3v) is 7.67. The van der Waals surface area contributed by atoms with Crippen molar-refractivity contribution in [2.45, 2.75) is 108 Å². The van der Waals surface area contributed by atoms with E-state index >= 15 is 0 Å². The van der Waals surface area contributed by atoms with Crippen LogP contribution < -0.4 is 10.2 Å². The molecular formula is C28H42N2O3S. The molecule has 3 rings (SSSR count). The first-order chi connectivity index (χ1) is 16.5. The van der Waals surface area contributed by atoms with E-state index in [0.29, 0.717) is 12.2 Å². The molecule has 1 aliphatic heterocycles. The highest BCUT2D eigenvalue weighted by Crippen LogP contribution is 2.42. The topological polar surface area (TPSA) is 69.6 Å². The number of fused-ring (bicyclic) bond motifs is 1. The number of para-hydroxylation sites is 1. The number of anilines is 2. The van der Waals surface area contributed by atoms with Gasteiger partial charge in [-0.2, -0.15) is 8.42 Å². The Balaban J connectivity index is 1.49. The molecule has 1 atom stereocenters. The molecule has 0 aliphatic carbocycles. The summed E-state index contributed by atoms with van der Waals surface area (Å²) in [6, 6.07) is 15.1. The molecule has 188 valence electrons. The van der Waals surface area contributed by atoms with E-state index in [1.54, 1.807) is 6.07 Å². The Bertz CT molecular complexity index is 963. The first-order valence-corrected chi connectivity index (χ1v) is 14.6. The second kappa shape index (κ2) is 13.7. The van der Waals surface area contributed by atoms with Crippen LogP contribution in [0.1, 0.15) is 96.0 Å². The molecule has 34 heavy (non-hydrogen) atoms. The van der Waals surface area contributed by atoms with Gasteiger partial charge in [-0.05, 0) is 30.5 Å². The summed E-state index contributed by atoms with van der Waals surface area (Å²) in [5, 5.41) is 3.51. The third kappa shape index (κ3) is 8.02. The molecule has 0 saturated carbocycles.